The molecule has 23 heavy (non-hydrogen) atoms. The summed E-state index contributed by atoms with van der Waals surface area (Å²) in [7, 11) is 0. The second kappa shape index (κ2) is 8.19. The van der Waals surface area contributed by atoms with Gasteiger partial charge in [0.15, 0.2) is 5.96 Å². The molecule has 0 atom stereocenters. The molecule has 0 unspecified atom stereocenters. The van der Waals surface area contributed by atoms with Gasteiger partial charge < -0.3 is 11.1 Å². The van der Waals surface area contributed by atoms with Crippen molar-refractivity contribution in [3.63, 3.8) is 0 Å². The number of piperidine rings is 1. The number of para-hydroxylation sites is 1. The first-order chi connectivity index (χ1) is 10.9. The molecule has 0 bridgehead atoms. The Morgan fingerprint density at radius 2 is 1.87 bits per heavy atom. The van der Waals surface area contributed by atoms with Crippen LogP contribution >= 0.6 is 0 Å². The molecule has 0 aromatic heterocycles. The smallest absolute Gasteiger partial charge is 0.370 e. The Morgan fingerprint density at radius 3 is 2.48 bits per heavy atom. The minimum absolute atomic E-state index is 0.366. The third kappa shape index (κ3) is 6.90. The highest BCUT2D eigenvalue weighted by atomic mass is 19.4. The van der Waals surface area contributed by atoms with Crippen molar-refractivity contribution in [2.24, 2.45) is 16.6 Å². The Bertz CT molecular complexity index is 494. The first kappa shape index (κ1) is 17.6. The topological polar surface area (TPSA) is 53.6 Å². The molecular formula is C16H23F3N4. The van der Waals surface area contributed by atoms with E-state index in [0.29, 0.717) is 31.5 Å². The predicted molar refractivity (Wildman–Crippen MR) is 86.4 cm³/mol. The summed E-state index contributed by atoms with van der Waals surface area (Å²) in [5, 5.41) is 3.01. The van der Waals surface area contributed by atoms with Crippen LogP contribution in [0.3, 0.4) is 0 Å². The van der Waals surface area contributed by atoms with Gasteiger partial charge in [-0.25, -0.2) is 0 Å². The summed E-state index contributed by atoms with van der Waals surface area (Å²) >= 11 is 0. The molecule has 2 rings (SSSR count). The van der Waals surface area contributed by atoms with Crippen molar-refractivity contribution in [1.29, 1.82) is 0 Å². The van der Waals surface area contributed by atoms with E-state index >= 15 is 0 Å². The highest BCUT2D eigenvalue weighted by molar-refractivity contribution is 5.92. The number of guanidine groups is 1. The van der Waals surface area contributed by atoms with Gasteiger partial charge in [-0.3, -0.25) is 9.89 Å². The van der Waals surface area contributed by atoms with E-state index in [1.165, 1.54) is 4.90 Å². The van der Waals surface area contributed by atoms with E-state index < -0.39 is 12.7 Å². The number of likely N-dealkylation sites (tertiary alicyclic amines) is 1. The summed E-state index contributed by atoms with van der Waals surface area (Å²) in [6.07, 6.45) is -1.67. The maximum atomic E-state index is 12.3. The van der Waals surface area contributed by atoms with Gasteiger partial charge in [0.1, 0.15) is 0 Å². The minimum Gasteiger partial charge on any atom is -0.370 e. The van der Waals surface area contributed by atoms with Crippen LogP contribution < -0.4 is 11.1 Å². The Labute approximate surface area is 134 Å². The zero-order valence-corrected chi connectivity index (χ0v) is 13.0. The largest absolute Gasteiger partial charge is 0.401 e. The minimum atomic E-state index is -4.10. The molecule has 1 saturated heterocycles. The van der Waals surface area contributed by atoms with Crippen LogP contribution in [-0.2, 0) is 0 Å². The molecule has 1 heterocycles. The third-order valence-corrected chi connectivity index (χ3v) is 3.98. The summed E-state index contributed by atoms with van der Waals surface area (Å²) in [5.74, 6) is 0.790. The Balaban J connectivity index is 1.66. The predicted octanol–water partition coefficient (Wildman–Crippen LogP) is 3.08. The maximum absolute atomic E-state index is 12.3. The number of alkyl halides is 3. The highest BCUT2D eigenvalue weighted by Gasteiger charge is 2.32. The molecular weight excluding hydrogens is 305 g/mol. The zero-order chi connectivity index (χ0) is 16.7. The lowest BCUT2D eigenvalue weighted by Gasteiger charge is -2.32. The van der Waals surface area contributed by atoms with Crippen LogP contribution in [0.15, 0.2) is 35.3 Å². The van der Waals surface area contributed by atoms with Crippen molar-refractivity contribution in [3.8, 4) is 0 Å². The zero-order valence-electron chi connectivity index (χ0n) is 13.0. The van der Waals surface area contributed by atoms with Crippen molar-refractivity contribution in [2.75, 3.05) is 31.5 Å². The Morgan fingerprint density at radius 1 is 1.22 bits per heavy atom. The monoisotopic (exact) mass is 328 g/mol. The van der Waals surface area contributed by atoms with Crippen LogP contribution in [0.2, 0.25) is 0 Å². The molecule has 1 aliphatic heterocycles. The molecule has 1 aliphatic rings. The number of nitrogens with zero attached hydrogens (tertiary/aromatic N) is 2. The van der Waals surface area contributed by atoms with Crippen molar-refractivity contribution >= 4 is 11.6 Å². The Hall–Kier alpha value is -1.76. The van der Waals surface area contributed by atoms with Crippen LogP contribution in [0.25, 0.3) is 0 Å². The normalized spacial score (nSPS) is 18.1. The molecule has 0 saturated carbocycles. The lowest BCUT2D eigenvalue weighted by Crippen LogP contribution is -2.40. The number of halogens is 3. The molecule has 4 nitrogen and oxygen atoms in total. The van der Waals surface area contributed by atoms with Crippen LogP contribution in [0.1, 0.15) is 19.3 Å². The average Bonchev–Trinajstić information content (AvgIpc) is 2.48. The van der Waals surface area contributed by atoms with Gasteiger partial charge in [-0.15, -0.1) is 0 Å². The summed E-state index contributed by atoms with van der Waals surface area (Å²) in [5.41, 5.74) is 6.70. The van der Waals surface area contributed by atoms with Gasteiger partial charge in [-0.2, -0.15) is 13.2 Å². The number of hydrogen-bond donors (Lipinski definition) is 2. The van der Waals surface area contributed by atoms with Gasteiger partial charge in [0.25, 0.3) is 0 Å². The molecule has 0 radical (unpaired) electrons. The number of aliphatic imine (C=N–C) groups is 1. The number of rotatable bonds is 5. The van der Waals surface area contributed by atoms with Crippen molar-refractivity contribution in [2.45, 2.75) is 25.4 Å². The van der Waals surface area contributed by atoms with Crippen LogP contribution in [0, 0.1) is 5.92 Å². The highest BCUT2D eigenvalue weighted by Crippen LogP contribution is 2.24. The molecule has 128 valence electrons. The van der Waals surface area contributed by atoms with E-state index in [0.717, 1.165) is 24.9 Å². The van der Waals surface area contributed by atoms with Gasteiger partial charge >= 0.3 is 6.18 Å². The molecule has 0 spiro atoms. The van der Waals surface area contributed by atoms with E-state index in [1.54, 1.807) is 0 Å². The van der Waals surface area contributed by atoms with E-state index in [1.807, 2.05) is 30.3 Å². The number of anilines is 1. The SMILES string of the molecule is NC(=NCCC1CCN(CC(F)(F)F)CC1)Nc1ccccc1. The van der Waals surface area contributed by atoms with Crippen LogP contribution in [-0.4, -0.2) is 43.2 Å². The molecule has 1 aromatic carbocycles. The van der Waals surface area contributed by atoms with Gasteiger partial charge in [0.05, 0.1) is 6.54 Å². The van der Waals surface area contributed by atoms with E-state index in [2.05, 4.69) is 10.3 Å². The second-order valence-corrected chi connectivity index (χ2v) is 5.88. The maximum Gasteiger partial charge on any atom is 0.401 e. The fourth-order valence-corrected chi connectivity index (χ4v) is 2.76. The summed E-state index contributed by atoms with van der Waals surface area (Å²) in [6.45, 7) is 0.804. The lowest BCUT2D eigenvalue weighted by atomic mass is 9.93. The number of benzene rings is 1. The van der Waals surface area contributed by atoms with Crippen molar-refractivity contribution in [3.05, 3.63) is 30.3 Å². The number of nitrogens with two attached hydrogens (primary N) is 1. The first-order valence-corrected chi connectivity index (χ1v) is 7.83. The average molecular weight is 328 g/mol. The lowest BCUT2D eigenvalue weighted by molar-refractivity contribution is -0.148. The molecule has 0 amide bonds. The molecule has 1 aromatic rings. The van der Waals surface area contributed by atoms with E-state index in [9.17, 15) is 13.2 Å². The quantitative estimate of drug-likeness (QED) is 0.645. The molecule has 7 heteroatoms. The van der Waals surface area contributed by atoms with Crippen molar-refractivity contribution < 1.29 is 13.2 Å². The first-order valence-electron chi connectivity index (χ1n) is 7.83. The standard InChI is InChI=1S/C16H23F3N4/c17-16(18,19)12-23-10-7-13(8-11-23)6-9-21-15(20)22-14-4-2-1-3-5-14/h1-5,13H,6-12H2,(H3,20,21,22). The molecule has 3 N–H and O–H groups in total. The fraction of sp³-hybridized carbons (Fsp3) is 0.562. The van der Waals surface area contributed by atoms with Crippen molar-refractivity contribution in [1.82, 2.24) is 4.90 Å². The number of hydrogen-bond acceptors (Lipinski definition) is 2. The van der Waals surface area contributed by atoms with Crippen LogP contribution in [0.5, 0.6) is 0 Å². The van der Waals surface area contributed by atoms with E-state index in [-0.39, 0.29) is 0 Å². The third-order valence-electron chi connectivity index (χ3n) is 3.98. The fourth-order valence-electron chi connectivity index (χ4n) is 2.76. The van der Waals surface area contributed by atoms with Gasteiger partial charge in [-0.1, -0.05) is 18.2 Å². The van der Waals surface area contributed by atoms with Gasteiger partial charge in [0, 0.05) is 12.2 Å². The molecule has 0 aliphatic carbocycles. The van der Waals surface area contributed by atoms with Crippen LogP contribution in [0.4, 0.5) is 18.9 Å². The van der Waals surface area contributed by atoms with E-state index in [4.69, 9.17) is 5.73 Å². The summed E-state index contributed by atoms with van der Waals surface area (Å²) in [4.78, 5) is 5.76. The van der Waals surface area contributed by atoms with Gasteiger partial charge in [-0.05, 0) is 50.4 Å². The summed E-state index contributed by atoms with van der Waals surface area (Å²) in [6, 6.07) is 9.54. The van der Waals surface area contributed by atoms with Gasteiger partial charge in [0.2, 0.25) is 0 Å². The Kier molecular flexibility index (Phi) is 6.27. The molecule has 1 fully saturated rings. The second-order valence-electron chi connectivity index (χ2n) is 5.88. The number of nitrogens with one attached hydrogen (secondary N) is 1. The summed E-state index contributed by atoms with van der Waals surface area (Å²) < 4.78 is 37.0.